The van der Waals surface area contributed by atoms with Gasteiger partial charge in [0.1, 0.15) is 11.8 Å². The first-order valence-corrected chi connectivity index (χ1v) is 7.59. The average molecular weight is 383 g/mol. The molecule has 28 heavy (non-hydrogen) atoms. The van der Waals surface area contributed by atoms with Gasteiger partial charge in [-0.3, -0.25) is 24.5 Å². The molecule has 5 rings (SSSR count). The van der Waals surface area contributed by atoms with Crippen LogP contribution in [-0.4, -0.2) is 49.8 Å². The van der Waals surface area contributed by atoms with Gasteiger partial charge in [-0.2, -0.15) is 4.98 Å². The number of imidazole rings is 2. The topological polar surface area (TPSA) is 221 Å². The predicted molar refractivity (Wildman–Crippen MR) is 98.3 cm³/mol. The third kappa shape index (κ3) is 4.31. The number of nitrogen functional groups attached to an aromatic ring is 1. The highest BCUT2D eigenvalue weighted by atomic mass is 16.2. The fraction of sp³-hybridized carbons (Fsp3) is 0. The number of anilines is 1. The number of hydrogen-bond donors (Lipinski definition) is 6. The SMILES string of the molecule is Nc1nc2nc[nH]c2c(=O)[nH]1.O=c1[nH]c(=O)c2[nH]cnc2[nH]1.c1cncnc1. The first kappa shape index (κ1) is 18.2. The van der Waals surface area contributed by atoms with Crippen molar-refractivity contribution in [1.82, 2.24) is 49.8 Å². The molecule has 0 spiro atoms. The lowest BCUT2D eigenvalue weighted by Gasteiger charge is -1.89. The normalized spacial score (nSPS) is 10.0. The molecule has 5 aromatic rings. The van der Waals surface area contributed by atoms with Crippen LogP contribution in [0.2, 0.25) is 0 Å². The van der Waals surface area contributed by atoms with E-state index in [9.17, 15) is 14.4 Å². The Morgan fingerprint density at radius 3 is 2.18 bits per heavy atom. The summed E-state index contributed by atoms with van der Waals surface area (Å²) in [7, 11) is 0. The van der Waals surface area contributed by atoms with E-state index in [0.717, 1.165) is 0 Å². The lowest BCUT2D eigenvalue weighted by atomic mass is 10.5. The molecule has 5 heterocycles. The molecular weight excluding hydrogens is 370 g/mol. The number of nitrogens with two attached hydrogens (primary N) is 1. The molecule has 0 atom stereocenters. The van der Waals surface area contributed by atoms with Crippen LogP contribution in [0, 0.1) is 0 Å². The Balaban J connectivity index is 0.000000126. The maximum Gasteiger partial charge on any atom is 0.327 e. The molecular formula is C14H13N11O3. The number of H-pyrrole nitrogens is 5. The summed E-state index contributed by atoms with van der Waals surface area (Å²) in [4.78, 5) is 63.2. The smallest absolute Gasteiger partial charge is 0.327 e. The van der Waals surface area contributed by atoms with Gasteiger partial charge in [0.25, 0.3) is 11.1 Å². The molecule has 7 N–H and O–H groups in total. The fourth-order valence-corrected chi connectivity index (χ4v) is 1.98. The molecule has 0 bridgehead atoms. The molecule has 14 nitrogen and oxygen atoms in total. The van der Waals surface area contributed by atoms with Crippen molar-refractivity contribution in [2.45, 2.75) is 0 Å². The molecule has 0 unspecified atom stereocenters. The van der Waals surface area contributed by atoms with E-state index in [2.05, 4.69) is 49.8 Å². The fourth-order valence-electron chi connectivity index (χ4n) is 1.98. The van der Waals surface area contributed by atoms with E-state index in [4.69, 9.17) is 5.73 Å². The van der Waals surface area contributed by atoms with Gasteiger partial charge in [-0.1, -0.05) is 0 Å². The van der Waals surface area contributed by atoms with E-state index < -0.39 is 11.2 Å². The zero-order valence-corrected chi connectivity index (χ0v) is 14.0. The van der Waals surface area contributed by atoms with Crippen molar-refractivity contribution < 1.29 is 0 Å². The quantitative estimate of drug-likeness (QED) is 0.186. The van der Waals surface area contributed by atoms with Gasteiger partial charge in [0.15, 0.2) is 16.8 Å². The van der Waals surface area contributed by atoms with Crippen molar-refractivity contribution in [3.63, 3.8) is 0 Å². The number of nitrogens with zero attached hydrogens (tertiary/aromatic N) is 5. The number of hydrogen-bond acceptors (Lipinski definition) is 9. The summed E-state index contributed by atoms with van der Waals surface area (Å²) in [5.41, 5.74) is 5.20. The lowest BCUT2D eigenvalue weighted by Crippen LogP contribution is -2.21. The minimum Gasteiger partial charge on any atom is -0.369 e. The molecule has 0 aromatic carbocycles. The van der Waals surface area contributed by atoms with Crippen LogP contribution in [-0.2, 0) is 0 Å². The minimum absolute atomic E-state index is 0.0783. The van der Waals surface area contributed by atoms with Gasteiger partial charge in [-0.05, 0) is 6.07 Å². The van der Waals surface area contributed by atoms with Crippen LogP contribution in [0.15, 0.2) is 51.8 Å². The van der Waals surface area contributed by atoms with Gasteiger partial charge in [0, 0.05) is 12.4 Å². The molecule has 0 radical (unpaired) electrons. The minimum atomic E-state index is -0.547. The first-order chi connectivity index (χ1) is 13.5. The van der Waals surface area contributed by atoms with Gasteiger partial charge in [0.2, 0.25) is 5.95 Å². The van der Waals surface area contributed by atoms with Gasteiger partial charge in [0.05, 0.1) is 12.7 Å². The standard InChI is InChI=1S/C5H5N5O.C5H4N4O2.C4H4N2/c6-5-9-3-2(4(11)10-5)7-1-8-3;10-4-2-3(7-1-6-2)8-5(11)9-4;1-2-5-4-6-3-1/h1H,(H4,6,7,8,9,10,11);1H,(H3,6,7,8,9,10,11);1-4H. The maximum absolute atomic E-state index is 11.0. The highest BCUT2D eigenvalue weighted by Gasteiger charge is 2.02. The predicted octanol–water partition coefficient (Wildman–Crippen LogP) is -1.36. The third-order valence-electron chi connectivity index (χ3n) is 3.12. The van der Waals surface area contributed by atoms with Crippen LogP contribution in [0.3, 0.4) is 0 Å². The largest absolute Gasteiger partial charge is 0.369 e. The molecule has 5 aromatic heterocycles. The molecule has 142 valence electrons. The summed E-state index contributed by atoms with van der Waals surface area (Å²) in [6.45, 7) is 0. The van der Waals surface area contributed by atoms with Crippen molar-refractivity contribution in [3.8, 4) is 0 Å². The zero-order valence-electron chi connectivity index (χ0n) is 14.0. The Morgan fingerprint density at radius 2 is 1.50 bits per heavy atom. The van der Waals surface area contributed by atoms with E-state index >= 15 is 0 Å². The Morgan fingerprint density at radius 1 is 0.821 bits per heavy atom. The van der Waals surface area contributed by atoms with Crippen LogP contribution in [0.4, 0.5) is 5.95 Å². The Hall–Kier alpha value is -4.62. The van der Waals surface area contributed by atoms with Gasteiger partial charge in [-0.25, -0.2) is 24.7 Å². The number of fused-ring (bicyclic) bond motifs is 2. The molecule has 0 aliphatic carbocycles. The summed E-state index contributed by atoms with van der Waals surface area (Å²) in [6.07, 6.45) is 7.61. The average Bonchev–Trinajstić information content (AvgIpc) is 3.33. The zero-order chi connectivity index (χ0) is 19.9. The van der Waals surface area contributed by atoms with Crippen LogP contribution in [0.5, 0.6) is 0 Å². The molecule has 14 heteroatoms. The van der Waals surface area contributed by atoms with E-state index in [-0.39, 0.29) is 22.7 Å². The highest BCUT2D eigenvalue weighted by Crippen LogP contribution is 1.98. The van der Waals surface area contributed by atoms with Crippen LogP contribution in [0.1, 0.15) is 0 Å². The van der Waals surface area contributed by atoms with E-state index in [0.29, 0.717) is 11.2 Å². The van der Waals surface area contributed by atoms with Crippen molar-refractivity contribution in [2.75, 3.05) is 5.73 Å². The van der Waals surface area contributed by atoms with Crippen molar-refractivity contribution >= 4 is 28.3 Å². The molecule has 0 saturated heterocycles. The van der Waals surface area contributed by atoms with Gasteiger partial charge in [-0.15, -0.1) is 0 Å². The first-order valence-electron chi connectivity index (χ1n) is 7.59. The molecule has 0 fully saturated rings. The second-order valence-corrected chi connectivity index (χ2v) is 4.99. The van der Waals surface area contributed by atoms with E-state index in [1.165, 1.54) is 19.0 Å². The number of aromatic amines is 5. The number of rotatable bonds is 0. The Bertz CT molecular complexity index is 1320. The number of nitrogens with one attached hydrogen (secondary N) is 5. The van der Waals surface area contributed by atoms with E-state index in [1.54, 1.807) is 18.5 Å². The van der Waals surface area contributed by atoms with Gasteiger partial charge < -0.3 is 15.7 Å². The monoisotopic (exact) mass is 383 g/mol. The molecule has 0 saturated carbocycles. The lowest BCUT2D eigenvalue weighted by molar-refractivity contribution is 1.07. The number of aromatic nitrogens is 10. The maximum atomic E-state index is 11.0. The summed E-state index contributed by atoms with van der Waals surface area (Å²) in [5.74, 6) is 0.0783. The summed E-state index contributed by atoms with van der Waals surface area (Å²) < 4.78 is 0. The molecule has 0 aliphatic heterocycles. The third-order valence-corrected chi connectivity index (χ3v) is 3.12. The second kappa shape index (κ2) is 8.17. The summed E-state index contributed by atoms with van der Waals surface area (Å²) in [6, 6.07) is 1.78. The van der Waals surface area contributed by atoms with Crippen LogP contribution < -0.4 is 22.5 Å². The van der Waals surface area contributed by atoms with Crippen molar-refractivity contribution in [2.24, 2.45) is 0 Å². The van der Waals surface area contributed by atoms with Crippen LogP contribution in [0.25, 0.3) is 22.3 Å². The van der Waals surface area contributed by atoms with Crippen molar-refractivity contribution in [1.29, 1.82) is 0 Å². The second-order valence-electron chi connectivity index (χ2n) is 4.99. The van der Waals surface area contributed by atoms with Gasteiger partial charge >= 0.3 is 5.69 Å². The van der Waals surface area contributed by atoms with Crippen molar-refractivity contribution in [3.05, 3.63) is 68.6 Å². The highest BCUT2D eigenvalue weighted by molar-refractivity contribution is 5.69. The molecule has 0 amide bonds. The van der Waals surface area contributed by atoms with Crippen LogP contribution >= 0.6 is 0 Å². The Kier molecular flexibility index (Phi) is 5.31. The summed E-state index contributed by atoms with van der Waals surface area (Å²) >= 11 is 0. The molecule has 0 aliphatic rings. The summed E-state index contributed by atoms with van der Waals surface area (Å²) in [5, 5.41) is 0. The Labute approximate surface area is 153 Å². The van der Waals surface area contributed by atoms with E-state index in [1.807, 2.05) is 0 Å².